The summed E-state index contributed by atoms with van der Waals surface area (Å²) >= 11 is 0. The minimum atomic E-state index is -4.95. The molecule has 4 N–H and O–H groups in total. The normalized spacial score (nSPS) is 14.7. The lowest BCUT2D eigenvalue weighted by molar-refractivity contribution is -0.161. The van der Waals surface area contributed by atoms with Gasteiger partial charge in [0.2, 0.25) is 0 Å². The van der Waals surface area contributed by atoms with Crippen molar-refractivity contribution in [2.24, 2.45) is 0 Å². The second-order valence-corrected chi connectivity index (χ2v) is 31.1. The highest BCUT2D eigenvalue weighted by Gasteiger charge is 2.29. The molecule has 0 saturated heterocycles. The molecule has 0 fully saturated rings. The fourth-order valence-corrected chi connectivity index (χ4v) is 12.9. The SMILES string of the molecule is CC/C=C\C/C=C\C/C=C\C/C=C\C/C=C\CCCCCCCCCCCCCCCC(=O)OCC(O)COP(=O)(O)OCC(O)COP(=O)(O)OCC(COC(=O)CCCCCCCCCCC/C=C\C/C=C\C/C=C\C/C=C\CCCCC)OC(=O)CCCCCCCC/C=C\C/C=C\C/C=C\C/C=C\CC. The van der Waals surface area contributed by atoms with Crippen LogP contribution in [-0.4, -0.2) is 95.9 Å². The monoisotopic (exact) mass is 1570 g/mol. The Morgan fingerprint density at radius 1 is 0.266 bits per heavy atom. The minimum Gasteiger partial charge on any atom is -0.463 e. The van der Waals surface area contributed by atoms with Crippen molar-refractivity contribution >= 4 is 33.6 Å². The van der Waals surface area contributed by atoms with Gasteiger partial charge in [0.1, 0.15) is 25.4 Å². The summed E-state index contributed by atoms with van der Waals surface area (Å²) in [5.41, 5.74) is 0. The van der Waals surface area contributed by atoms with Crippen LogP contribution >= 0.6 is 15.6 Å². The molecule has 5 unspecified atom stereocenters. The molecule has 0 aliphatic heterocycles. The van der Waals surface area contributed by atoms with E-state index < -0.39 is 91.5 Å². The van der Waals surface area contributed by atoms with Crippen molar-refractivity contribution in [1.82, 2.24) is 0 Å². The van der Waals surface area contributed by atoms with Crippen LogP contribution in [0.15, 0.2) is 158 Å². The number of hydrogen-bond donors (Lipinski definition) is 4. The number of unbranched alkanes of at least 4 members (excludes halogenated alkanes) is 31. The first-order chi connectivity index (χ1) is 53.2. The average molecular weight is 1570 g/mol. The zero-order chi connectivity index (χ0) is 79.4. The third kappa shape index (κ3) is 83.9. The van der Waals surface area contributed by atoms with Crippen molar-refractivity contribution in [3.05, 3.63) is 158 Å². The van der Waals surface area contributed by atoms with Crippen LogP contribution in [0.4, 0.5) is 0 Å². The number of phosphoric ester groups is 2. The number of aliphatic hydroxyl groups is 2. The van der Waals surface area contributed by atoms with E-state index in [1.165, 1.54) is 109 Å². The van der Waals surface area contributed by atoms with E-state index in [1.807, 2.05) is 0 Å². The molecule has 0 saturated carbocycles. The number of aliphatic hydroxyl groups excluding tert-OH is 2. The van der Waals surface area contributed by atoms with E-state index in [0.29, 0.717) is 19.3 Å². The highest BCUT2D eigenvalue weighted by Crippen LogP contribution is 2.45. The largest absolute Gasteiger partial charge is 0.472 e. The van der Waals surface area contributed by atoms with Gasteiger partial charge in [0.25, 0.3) is 0 Å². The average Bonchev–Trinajstić information content (AvgIpc) is 0.902. The van der Waals surface area contributed by atoms with Crippen molar-refractivity contribution in [3.63, 3.8) is 0 Å². The highest BCUT2D eigenvalue weighted by atomic mass is 31.2. The molecule has 0 aliphatic rings. The molecule has 0 bridgehead atoms. The van der Waals surface area contributed by atoms with Crippen LogP contribution in [0.5, 0.6) is 0 Å². The Bertz CT molecular complexity index is 2610. The van der Waals surface area contributed by atoms with Crippen molar-refractivity contribution in [2.75, 3.05) is 39.6 Å². The van der Waals surface area contributed by atoms with E-state index in [4.69, 9.17) is 32.3 Å². The second-order valence-electron chi connectivity index (χ2n) is 28.2. The first-order valence-electron chi connectivity index (χ1n) is 42.8. The summed E-state index contributed by atoms with van der Waals surface area (Å²) in [4.78, 5) is 58.9. The number of allylic oxidation sites excluding steroid dienone is 26. The minimum absolute atomic E-state index is 0.0829. The van der Waals surface area contributed by atoms with Gasteiger partial charge in [0, 0.05) is 19.3 Å². The maximum atomic E-state index is 13.0. The van der Waals surface area contributed by atoms with E-state index >= 15 is 0 Å². The molecule has 0 aromatic rings. The Morgan fingerprint density at radius 3 is 0.771 bits per heavy atom. The molecule has 16 nitrogen and oxygen atoms in total. The summed E-state index contributed by atoms with van der Waals surface area (Å²) < 4.78 is 61.3. The Balaban J connectivity index is 4.61. The van der Waals surface area contributed by atoms with Crippen molar-refractivity contribution in [1.29, 1.82) is 0 Å². The lowest BCUT2D eigenvalue weighted by Gasteiger charge is -2.21. The third-order valence-electron chi connectivity index (χ3n) is 17.7. The lowest BCUT2D eigenvalue weighted by atomic mass is 10.0. The van der Waals surface area contributed by atoms with Crippen molar-refractivity contribution in [2.45, 2.75) is 360 Å². The molecule has 0 spiro atoms. The van der Waals surface area contributed by atoms with Crippen LogP contribution in [0.1, 0.15) is 342 Å². The molecular formula is C91H154O16P2. The summed E-state index contributed by atoms with van der Waals surface area (Å²) in [6, 6.07) is 0. The summed E-state index contributed by atoms with van der Waals surface area (Å²) in [5.74, 6) is -1.60. The van der Waals surface area contributed by atoms with E-state index in [0.717, 1.165) is 173 Å². The molecule has 0 amide bonds. The molecule has 0 aliphatic carbocycles. The Labute approximate surface area is 663 Å². The summed E-state index contributed by atoms with van der Waals surface area (Å²) in [5, 5.41) is 20.7. The van der Waals surface area contributed by atoms with E-state index in [1.54, 1.807) is 0 Å². The number of esters is 3. The van der Waals surface area contributed by atoms with Gasteiger partial charge >= 0.3 is 33.6 Å². The quantitative estimate of drug-likeness (QED) is 0.0146. The fourth-order valence-electron chi connectivity index (χ4n) is 11.3. The maximum Gasteiger partial charge on any atom is 0.472 e. The second kappa shape index (κ2) is 82.6. The first-order valence-corrected chi connectivity index (χ1v) is 45.8. The predicted octanol–water partition coefficient (Wildman–Crippen LogP) is 25.8. The number of hydrogen-bond acceptors (Lipinski definition) is 14. The third-order valence-corrected chi connectivity index (χ3v) is 19.6. The molecule has 0 aromatic heterocycles. The van der Waals surface area contributed by atoms with Crippen LogP contribution in [0, 0.1) is 0 Å². The van der Waals surface area contributed by atoms with Crippen LogP contribution in [0.25, 0.3) is 0 Å². The smallest absolute Gasteiger partial charge is 0.463 e. The summed E-state index contributed by atoms with van der Waals surface area (Å²) in [6.45, 7) is 2.43. The molecule has 0 heterocycles. The zero-order valence-electron chi connectivity index (χ0n) is 68.4. The van der Waals surface area contributed by atoms with Gasteiger partial charge in [-0.3, -0.25) is 32.5 Å². The Hall–Kier alpha value is -4.83. The molecule has 18 heteroatoms. The Kier molecular flexibility index (Phi) is 79.0. The van der Waals surface area contributed by atoms with Crippen LogP contribution < -0.4 is 0 Å². The van der Waals surface area contributed by atoms with Gasteiger partial charge < -0.3 is 34.2 Å². The molecular weight excluding hydrogens is 1410 g/mol. The van der Waals surface area contributed by atoms with Crippen LogP contribution in [-0.2, 0) is 55.8 Å². The highest BCUT2D eigenvalue weighted by molar-refractivity contribution is 7.47. The van der Waals surface area contributed by atoms with Gasteiger partial charge in [-0.1, -0.05) is 333 Å². The van der Waals surface area contributed by atoms with Gasteiger partial charge in [0.15, 0.2) is 6.10 Å². The summed E-state index contributed by atoms with van der Waals surface area (Å²) in [7, 11) is -9.81. The lowest BCUT2D eigenvalue weighted by Crippen LogP contribution is -2.30. The van der Waals surface area contributed by atoms with E-state index in [9.17, 15) is 43.5 Å². The van der Waals surface area contributed by atoms with Gasteiger partial charge in [-0.2, -0.15) is 0 Å². The molecule has 0 radical (unpaired) electrons. The summed E-state index contributed by atoms with van der Waals surface area (Å²) in [6.07, 6.45) is 104. The zero-order valence-corrected chi connectivity index (χ0v) is 70.2. The number of rotatable bonds is 80. The van der Waals surface area contributed by atoms with Gasteiger partial charge in [0.05, 0.1) is 26.4 Å². The standard InChI is InChI=1S/C91H154O16P2/c1-4-7-10-13-16-19-22-25-28-31-34-36-38-40-41-42-43-45-47-48-51-53-56-59-62-65-68-71-74-77-89(94)101-80-86(92)81-103-108(97,98)104-82-87(93)83-105-109(99,100)106-85-88(107-91(96)79-76-73-70-67-64-61-58-55-50-33-30-27-24-21-18-15-12-9-6-3)84-102-90(95)78-75-72-69-66-63-60-57-54-52-49-46-44-39-37-35-32-29-26-23-20-17-14-11-8-5-2/h7,9-10,12,16-21,25-30,34-37,40-41,44,46,50,55,86-88,92-93H,4-6,8,11,13-15,22-24,31-33,38-39,42-43,45,47-49,51-54,56-85H2,1-3H3,(H,97,98)(H,99,100)/b10-7-,12-9-,19-16-,20-17-,21-18-,28-25-,29-26-,30-27-,36-34-,37-35-,41-40-,46-44-,55-50-. The number of phosphoric acid groups is 2. The Morgan fingerprint density at radius 2 is 0.486 bits per heavy atom. The van der Waals surface area contributed by atoms with Crippen LogP contribution in [0.2, 0.25) is 0 Å². The molecule has 0 rings (SSSR count). The number of ether oxygens (including phenoxy) is 3. The fraction of sp³-hybridized carbons (Fsp3) is 0.681. The predicted molar refractivity (Wildman–Crippen MR) is 454 cm³/mol. The van der Waals surface area contributed by atoms with Crippen molar-refractivity contribution in [3.8, 4) is 0 Å². The van der Waals surface area contributed by atoms with E-state index in [2.05, 4.69) is 179 Å². The van der Waals surface area contributed by atoms with Crippen LogP contribution in [0.3, 0.4) is 0 Å². The number of carbonyl (C=O) groups excluding carboxylic acids is 3. The number of carbonyl (C=O) groups is 3. The molecule has 5 atom stereocenters. The first kappa shape index (κ1) is 104. The molecule has 109 heavy (non-hydrogen) atoms. The van der Waals surface area contributed by atoms with Crippen molar-refractivity contribution < 1.29 is 75.8 Å². The maximum absolute atomic E-state index is 13.0. The van der Waals surface area contributed by atoms with E-state index in [-0.39, 0.29) is 19.3 Å². The van der Waals surface area contributed by atoms with Gasteiger partial charge in [-0.05, 0) is 148 Å². The van der Waals surface area contributed by atoms with Gasteiger partial charge in [-0.15, -0.1) is 0 Å². The topological polar surface area (TPSA) is 231 Å². The molecule has 624 valence electrons. The van der Waals surface area contributed by atoms with Gasteiger partial charge in [-0.25, -0.2) is 9.13 Å². The molecule has 0 aromatic carbocycles.